The molecule has 2 aliphatic heterocycles. The van der Waals surface area contributed by atoms with Gasteiger partial charge in [-0.1, -0.05) is 19.9 Å². The smallest absolute Gasteiger partial charge is 0.225 e. The lowest BCUT2D eigenvalue weighted by Crippen LogP contribution is -2.56. The van der Waals surface area contributed by atoms with Crippen LogP contribution < -0.4 is 9.47 Å². The molecule has 2 aromatic rings. The topological polar surface area (TPSA) is 54.4 Å². The number of rotatable bonds is 2. The predicted octanol–water partition coefficient (Wildman–Crippen LogP) is 4.38. The van der Waals surface area contributed by atoms with Gasteiger partial charge in [0.25, 0.3) is 0 Å². The molecular weight excluding hydrogens is 378 g/mol. The lowest BCUT2D eigenvalue weighted by Gasteiger charge is -2.42. The van der Waals surface area contributed by atoms with Gasteiger partial charge in [-0.15, -0.1) is 0 Å². The molecule has 6 nitrogen and oxygen atoms in total. The number of aryl methyl sites for hydroxylation is 1. The van der Waals surface area contributed by atoms with Gasteiger partial charge in [0, 0.05) is 31.6 Å². The van der Waals surface area contributed by atoms with Crippen molar-refractivity contribution in [2.24, 2.45) is 10.9 Å². The standard InChI is InChI=1S/C24H29N3O3/c1-15(2)24(28)27-11-10-26(14-17(27)4)23-19-13-18(29-5)7-9-21(19)30-22-12-16(3)6-8-20(22)25-23/h6-9,12-13,15,17H,10-11,14H2,1-5H3. The molecule has 2 aliphatic rings. The van der Waals surface area contributed by atoms with E-state index >= 15 is 0 Å². The van der Waals surface area contributed by atoms with Crippen LogP contribution in [0.25, 0.3) is 0 Å². The number of carbonyl (C=O) groups excluding carboxylic acids is 1. The van der Waals surface area contributed by atoms with Crippen molar-refractivity contribution in [3.63, 3.8) is 0 Å². The molecule has 158 valence electrons. The molecule has 4 rings (SSSR count). The van der Waals surface area contributed by atoms with Gasteiger partial charge in [-0.3, -0.25) is 4.79 Å². The molecule has 2 aromatic carbocycles. The van der Waals surface area contributed by atoms with Gasteiger partial charge < -0.3 is 19.3 Å². The summed E-state index contributed by atoms with van der Waals surface area (Å²) in [4.78, 5) is 21.8. The molecule has 1 atom stereocenters. The average molecular weight is 408 g/mol. The van der Waals surface area contributed by atoms with Crippen LogP contribution in [0.2, 0.25) is 0 Å². The van der Waals surface area contributed by atoms with E-state index in [1.54, 1.807) is 7.11 Å². The molecule has 0 bridgehead atoms. The Morgan fingerprint density at radius 3 is 2.67 bits per heavy atom. The third-order valence-corrected chi connectivity index (χ3v) is 5.69. The number of fused-ring (bicyclic) bond motifs is 2. The van der Waals surface area contributed by atoms with Gasteiger partial charge in [0.2, 0.25) is 5.91 Å². The average Bonchev–Trinajstić information content (AvgIpc) is 2.88. The van der Waals surface area contributed by atoms with E-state index < -0.39 is 0 Å². The molecule has 0 aliphatic carbocycles. The first-order valence-corrected chi connectivity index (χ1v) is 10.5. The largest absolute Gasteiger partial charge is 0.497 e. The Morgan fingerprint density at radius 1 is 1.17 bits per heavy atom. The van der Waals surface area contributed by atoms with E-state index in [2.05, 4.69) is 11.8 Å². The Bertz CT molecular complexity index is 999. The van der Waals surface area contributed by atoms with Crippen molar-refractivity contribution in [3.8, 4) is 17.2 Å². The van der Waals surface area contributed by atoms with Crippen LogP contribution in [0, 0.1) is 12.8 Å². The number of nitrogens with zero attached hydrogens (tertiary/aromatic N) is 3. The molecule has 1 unspecified atom stereocenters. The Kier molecular flexibility index (Phi) is 5.41. The minimum atomic E-state index is 0.00252. The number of benzene rings is 2. The van der Waals surface area contributed by atoms with Gasteiger partial charge in [-0.05, 0) is 49.7 Å². The lowest BCUT2D eigenvalue weighted by atomic mass is 10.1. The number of hydrogen-bond donors (Lipinski definition) is 0. The fourth-order valence-electron chi connectivity index (χ4n) is 4.04. The zero-order chi connectivity index (χ0) is 21.4. The molecule has 1 amide bonds. The van der Waals surface area contributed by atoms with Crippen LogP contribution in [0.15, 0.2) is 41.4 Å². The normalized spacial score (nSPS) is 18.2. The van der Waals surface area contributed by atoms with Gasteiger partial charge in [-0.2, -0.15) is 0 Å². The van der Waals surface area contributed by atoms with E-state index in [0.717, 1.165) is 53.0 Å². The minimum absolute atomic E-state index is 0.00252. The maximum atomic E-state index is 12.6. The van der Waals surface area contributed by atoms with Gasteiger partial charge in [0.1, 0.15) is 23.0 Å². The summed E-state index contributed by atoms with van der Waals surface area (Å²) >= 11 is 0. The summed E-state index contributed by atoms with van der Waals surface area (Å²) in [6, 6.07) is 12.0. The van der Waals surface area contributed by atoms with E-state index in [-0.39, 0.29) is 17.9 Å². The third kappa shape index (κ3) is 3.74. The second-order valence-corrected chi connectivity index (χ2v) is 8.35. The maximum Gasteiger partial charge on any atom is 0.225 e. The fraction of sp³-hybridized carbons (Fsp3) is 0.417. The van der Waals surface area contributed by atoms with Crippen LogP contribution in [0.5, 0.6) is 17.2 Å². The molecule has 0 N–H and O–H groups in total. The Balaban J connectivity index is 1.74. The quantitative estimate of drug-likeness (QED) is 0.742. The van der Waals surface area contributed by atoms with Gasteiger partial charge >= 0.3 is 0 Å². The monoisotopic (exact) mass is 407 g/mol. The summed E-state index contributed by atoms with van der Waals surface area (Å²) in [6.45, 7) is 10.2. The predicted molar refractivity (Wildman–Crippen MR) is 118 cm³/mol. The molecule has 2 heterocycles. The van der Waals surface area contributed by atoms with E-state index in [1.165, 1.54) is 0 Å². The number of piperazine rings is 1. The molecule has 1 fully saturated rings. The van der Waals surface area contributed by atoms with Crippen LogP contribution in [0.1, 0.15) is 31.9 Å². The zero-order valence-electron chi connectivity index (χ0n) is 18.3. The highest BCUT2D eigenvalue weighted by Gasteiger charge is 2.32. The summed E-state index contributed by atoms with van der Waals surface area (Å²) in [5.74, 6) is 3.33. The van der Waals surface area contributed by atoms with Crippen LogP contribution >= 0.6 is 0 Å². The third-order valence-electron chi connectivity index (χ3n) is 5.69. The number of aliphatic imine (C=N–C) groups is 1. The highest BCUT2D eigenvalue weighted by Crippen LogP contribution is 2.40. The van der Waals surface area contributed by atoms with Gasteiger partial charge in [-0.25, -0.2) is 4.99 Å². The highest BCUT2D eigenvalue weighted by molar-refractivity contribution is 6.04. The summed E-state index contributed by atoms with van der Waals surface area (Å²) < 4.78 is 11.7. The number of amides is 1. The van der Waals surface area contributed by atoms with E-state index in [0.29, 0.717) is 6.54 Å². The number of ether oxygens (including phenoxy) is 2. The van der Waals surface area contributed by atoms with Crippen molar-refractivity contribution >= 4 is 17.4 Å². The van der Waals surface area contributed by atoms with Crippen LogP contribution in [0.3, 0.4) is 0 Å². The van der Waals surface area contributed by atoms with Crippen molar-refractivity contribution < 1.29 is 14.3 Å². The van der Waals surface area contributed by atoms with Crippen molar-refractivity contribution in [2.45, 2.75) is 33.7 Å². The van der Waals surface area contributed by atoms with Crippen LogP contribution in [0.4, 0.5) is 5.69 Å². The number of hydrogen-bond acceptors (Lipinski definition) is 5. The first-order valence-electron chi connectivity index (χ1n) is 10.5. The van der Waals surface area contributed by atoms with Crippen molar-refractivity contribution in [1.82, 2.24) is 9.80 Å². The Labute approximate surface area is 178 Å². The van der Waals surface area contributed by atoms with E-state index in [4.69, 9.17) is 14.5 Å². The summed E-state index contributed by atoms with van der Waals surface area (Å²) in [5, 5.41) is 0. The van der Waals surface area contributed by atoms with Crippen LogP contribution in [-0.2, 0) is 4.79 Å². The second-order valence-electron chi connectivity index (χ2n) is 8.35. The lowest BCUT2D eigenvalue weighted by molar-refractivity contribution is -0.138. The minimum Gasteiger partial charge on any atom is -0.497 e. The van der Waals surface area contributed by atoms with Crippen molar-refractivity contribution in [1.29, 1.82) is 0 Å². The Hall–Kier alpha value is -3.02. The van der Waals surface area contributed by atoms with Gasteiger partial charge in [0.05, 0.1) is 12.7 Å². The van der Waals surface area contributed by atoms with Crippen molar-refractivity contribution in [2.75, 3.05) is 26.7 Å². The SMILES string of the molecule is COc1ccc2c(c1)C(N1CCN(C(=O)C(C)C)C(C)C1)=Nc1ccc(C)cc1O2. The summed E-state index contributed by atoms with van der Waals surface area (Å²) in [6.07, 6.45) is 0. The number of carbonyl (C=O) groups is 1. The maximum absolute atomic E-state index is 12.6. The molecule has 1 saturated heterocycles. The van der Waals surface area contributed by atoms with E-state index in [9.17, 15) is 4.79 Å². The first kappa shape index (κ1) is 20.3. The fourth-order valence-corrected chi connectivity index (χ4v) is 4.04. The molecule has 30 heavy (non-hydrogen) atoms. The van der Waals surface area contributed by atoms with Gasteiger partial charge in [0.15, 0.2) is 5.75 Å². The number of amidine groups is 1. The van der Waals surface area contributed by atoms with E-state index in [1.807, 2.05) is 62.1 Å². The van der Waals surface area contributed by atoms with Crippen LogP contribution in [-0.4, -0.2) is 54.3 Å². The first-order chi connectivity index (χ1) is 14.4. The Morgan fingerprint density at radius 2 is 1.97 bits per heavy atom. The van der Waals surface area contributed by atoms with Crippen molar-refractivity contribution in [3.05, 3.63) is 47.5 Å². The highest BCUT2D eigenvalue weighted by atomic mass is 16.5. The molecular formula is C24H29N3O3. The molecule has 0 radical (unpaired) electrons. The molecule has 0 spiro atoms. The number of methoxy groups -OCH3 is 1. The molecule has 0 saturated carbocycles. The summed E-state index contributed by atoms with van der Waals surface area (Å²) in [5.41, 5.74) is 2.83. The zero-order valence-corrected chi connectivity index (χ0v) is 18.3. The molecule has 0 aromatic heterocycles. The molecule has 6 heteroatoms. The second kappa shape index (κ2) is 8.01. The summed E-state index contributed by atoms with van der Waals surface area (Å²) in [7, 11) is 1.66.